The number of anilines is 1. The van der Waals surface area contributed by atoms with Crippen LogP contribution in [0.4, 0.5) is 10.6 Å². The number of thiocarbonyl (C=S) groups is 1. The van der Waals surface area contributed by atoms with E-state index in [9.17, 15) is 14.4 Å². The third-order valence-electron chi connectivity index (χ3n) is 5.78. The number of hydrogen-bond donors (Lipinski definition) is 0. The number of hydrogen-bond acceptors (Lipinski definition) is 8. The third kappa shape index (κ3) is 4.41. The SMILES string of the molecule is CCOC(=O)N1CCN(c2nc3c(C)cccn3c(=O)c2/C=C2/SC(=S)N(C(C)C)C2=O)CC1. The van der Waals surface area contributed by atoms with Crippen molar-refractivity contribution in [1.82, 2.24) is 19.2 Å². The van der Waals surface area contributed by atoms with Gasteiger partial charge in [0.15, 0.2) is 0 Å². The number of piperazine rings is 1. The summed E-state index contributed by atoms with van der Waals surface area (Å²) in [4.78, 5) is 49.1. The summed E-state index contributed by atoms with van der Waals surface area (Å²) in [5.74, 6) is 0.287. The second-order valence-corrected chi connectivity index (χ2v) is 10.0. The Morgan fingerprint density at radius 2 is 1.97 bits per heavy atom. The minimum absolute atomic E-state index is 0.0766. The molecule has 0 unspecified atom stereocenters. The van der Waals surface area contributed by atoms with Crippen molar-refractivity contribution in [3.63, 3.8) is 0 Å². The number of thioether (sulfide) groups is 1. The largest absolute Gasteiger partial charge is 0.450 e. The van der Waals surface area contributed by atoms with E-state index in [0.29, 0.717) is 59.0 Å². The van der Waals surface area contributed by atoms with Crippen LogP contribution < -0.4 is 10.5 Å². The summed E-state index contributed by atoms with van der Waals surface area (Å²) in [5.41, 5.74) is 1.49. The molecule has 11 heteroatoms. The Labute approximate surface area is 207 Å². The first-order valence-electron chi connectivity index (χ1n) is 11.2. The van der Waals surface area contributed by atoms with Gasteiger partial charge in [0.1, 0.15) is 15.8 Å². The molecule has 0 saturated carbocycles. The molecule has 0 aliphatic carbocycles. The Bertz CT molecular complexity index is 1250. The molecule has 0 bridgehead atoms. The smallest absolute Gasteiger partial charge is 0.409 e. The van der Waals surface area contributed by atoms with Crippen LogP contribution in [0.3, 0.4) is 0 Å². The minimum atomic E-state index is -0.345. The van der Waals surface area contributed by atoms with Gasteiger partial charge in [0, 0.05) is 38.4 Å². The zero-order valence-corrected chi connectivity index (χ0v) is 21.2. The first kappa shape index (κ1) is 24.2. The predicted octanol–water partition coefficient (Wildman–Crippen LogP) is 2.89. The van der Waals surface area contributed by atoms with E-state index >= 15 is 0 Å². The number of aryl methyl sites for hydroxylation is 1. The van der Waals surface area contributed by atoms with Crippen molar-refractivity contribution in [3.05, 3.63) is 44.7 Å². The second kappa shape index (κ2) is 9.75. The molecule has 9 nitrogen and oxygen atoms in total. The van der Waals surface area contributed by atoms with E-state index < -0.39 is 0 Å². The highest BCUT2D eigenvalue weighted by molar-refractivity contribution is 8.26. The van der Waals surface area contributed by atoms with Gasteiger partial charge in [-0.2, -0.15) is 0 Å². The number of fused-ring (bicyclic) bond motifs is 1. The van der Waals surface area contributed by atoms with Crippen LogP contribution in [0.15, 0.2) is 28.0 Å². The average Bonchev–Trinajstić information content (AvgIpc) is 3.09. The standard InChI is InChI=1S/C23H27N5O4S2/c1-5-32-22(31)26-11-9-25(10-12-26)19-16(13-17-21(30)28(14(2)3)23(33)34-17)20(29)27-8-6-7-15(4)18(27)24-19/h6-8,13-14H,5,9-12H2,1-4H3/b17-13+. The normalized spacial score (nSPS) is 18.0. The zero-order valence-electron chi connectivity index (χ0n) is 19.6. The fourth-order valence-corrected chi connectivity index (χ4v) is 5.55. The molecular formula is C23H27N5O4S2. The molecule has 2 aliphatic rings. The fraction of sp³-hybridized carbons (Fsp3) is 0.435. The van der Waals surface area contributed by atoms with Crippen LogP contribution in [0.1, 0.15) is 31.9 Å². The Morgan fingerprint density at radius 1 is 1.26 bits per heavy atom. The summed E-state index contributed by atoms with van der Waals surface area (Å²) in [5, 5.41) is 0. The maximum atomic E-state index is 13.6. The Kier molecular flexibility index (Phi) is 6.94. The second-order valence-electron chi connectivity index (χ2n) is 8.36. The number of carbonyl (C=O) groups is 2. The molecule has 4 heterocycles. The number of ether oxygens (including phenoxy) is 1. The van der Waals surface area contributed by atoms with E-state index in [1.165, 1.54) is 16.2 Å². The lowest BCUT2D eigenvalue weighted by atomic mass is 10.2. The van der Waals surface area contributed by atoms with Crippen molar-refractivity contribution in [3.8, 4) is 0 Å². The molecule has 4 rings (SSSR count). The van der Waals surface area contributed by atoms with Gasteiger partial charge in [0.25, 0.3) is 11.5 Å². The van der Waals surface area contributed by atoms with Gasteiger partial charge in [-0.1, -0.05) is 30.0 Å². The average molecular weight is 502 g/mol. The van der Waals surface area contributed by atoms with Gasteiger partial charge in [-0.15, -0.1) is 0 Å². The molecule has 0 atom stereocenters. The van der Waals surface area contributed by atoms with Crippen LogP contribution in [-0.4, -0.2) is 74.3 Å². The van der Waals surface area contributed by atoms with Crippen LogP contribution in [0.25, 0.3) is 11.7 Å². The van der Waals surface area contributed by atoms with Gasteiger partial charge in [-0.25, -0.2) is 9.78 Å². The van der Waals surface area contributed by atoms with E-state index in [1.54, 1.807) is 35.1 Å². The van der Waals surface area contributed by atoms with Crippen molar-refractivity contribution in [2.45, 2.75) is 33.7 Å². The molecule has 2 saturated heterocycles. The molecule has 0 spiro atoms. The van der Waals surface area contributed by atoms with Gasteiger partial charge in [0.2, 0.25) is 0 Å². The van der Waals surface area contributed by atoms with Crippen molar-refractivity contribution in [1.29, 1.82) is 0 Å². The number of pyridine rings is 1. The summed E-state index contributed by atoms with van der Waals surface area (Å²) >= 11 is 6.59. The first-order valence-corrected chi connectivity index (χ1v) is 12.4. The molecule has 0 aromatic carbocycles. The first-order chi connectivity index (χ1) is 16.2. The fourth-order valence-electron chi connectivity index (χ4n) is 4.04. The molecule has 34 heavy (non-hydrogen) atoms. The van der Waals surface area contributed by atoms with Crippen LogP contribution in [0.2, 0.25) is 0 Å². The Morgan fingerprint density at radius 3 is 2.59 bits per heavy atom. The van der Waals surface area contributed by atoms with E-state index in [-0.39, 0.29) is 23.6 Å². The molecule has 0 N–H and O–H groups in total. The van der Waals surface area contributed by atoms with Crippen molar-refractivity contribution in [2.75, 3.05) is 37.7 Å². The van der Waals surface area contributed by atoms with Gasteiger partial charge in [-0.05, 0) is 45.4 Å². The quantitative estimate of drug-likeness (QED) is 0.467. The Hall–Kier alpha value is -2.92. The maximum absolute atomic E-state index is 13.6. The van der Waals surface area contributed by atoms with Gasteiger partial charge in [0.05, 0.1) is 17.1 Å². The van der Waals surface area contributed by atoms with E-state index in [0.717, 1.165) is 5.56 Å². The molecule has 2 aromatic rings. The lowest BCUT2D eigenvalue weighted by Gasteiger charge is -2.35. The molecular weight excluding hydrogens is 474 g/mol. The summed E-state index contributed by atoms with van der Waals surface area (Å²) in [6.45, 7) is 9.66. The number of carbonyl (C=O) groups excluding carboxylic acids is 2. The molecule has 2 aliphatic heterocycles. The number of amides is 2. The van der Waals surface area contributed by atoms with Gasteiger partial charge in [-0.3, -0.25) is 18.9 Å². The van der Waals surface area contributed by atoms with Crippen molar-refractivity contribution in [2.24, 2.45) is 0 Å². The van der Waals surface area contributed by atoms with Crippen LogP contribution in [0.5, 0.6) is 0 Å². The van der Waals surface area contributed by atoms with Crippen LogP contribution >= 0.6 is 24.0 Å². The molecule has 2 aromatic heterocycles. The molecule has 180 valence electrons. The Balaban J connectivity index is 1.78. The summed E-state index contributed by atoms with van der Waals surface area (Å²) in [6, 6.07) is 3.62. The minimum Gasteiger partial charge on any atom is -0.450 e. The highest BCUT2D eigenvalue weighted by Gasteiger charge is 2.35. The summed E-state index contributed by atoms with van der Waals surface area (Å²) in [6.07, 6.45) is 2.94. The maximum Gasteiger partial charge on any atom is 0.409 e. The zero-order chi connectivity index (χ0) is 24.6. The number of rotatable bonds is 4. The monoisotopic (exact) mass is 501 g/mol. The van der Waals surface area contributed by atoms with Crippen LogP contribution in [-0.2, 0) is 9.53 Å². The summed E-state index contributed by atoms with van der Waals surface area (Å²) in [7, 11) is 0. The highest BCUT2D eigenvalue weighted by atomic mass is 32.2. The topological polar surface area (TPSA) is 87.5 Å². The predicted molar refractivity (Wildman–Crippen MR) is 137 cm³/mol. The van der Waals surface area contributed by atoms with E-state index in [4.69, 9.17) is 21.9 Å². The lowest BCUT2D eigenvalue weighted by Crippen LogP contribution is -2.49. The summed E-state index contributed by atoms with van der Waals surface area (Å²) < 4.78 is 7.09. The molecule has 0 radical (unpaired) electrons. The van der Waals surface area contributed by atoms with Gasteiger partial charge < -0.3 is 14.5 Å². The lowest BCUT2D eigenvalue weighted by molar-refractivity contribution is -0.123. The number of aromatic nitrogens is 2. The third-order valence-corrected chi connectivity index (χ3v) is 7.12. The van der Waals surface area contributed by atoms with E-state index in [1.807, 2.05) is 31.7 Å². The molecule has 2 fully saturated rings. The van der Waals surface area contributed by atoms with E-state index in [2.05, 4.69) is 0 Å². The highest BCUT2D eigenvalue weighted by Crippen LogP contribution is 2.34. The van der Waals surface area contributed by atoms with Crippen molar-refractivity contribution >= 4 is 57.8 Å². The number of nitrogens with zero attached hydrogens (tertiary/aromatic N) is 5. The van der Waals surface area contributed by atoms with Crippen molar-refractivity contribution < 1.29 is 14.3 Å². The molecule has 2 amide bonds. The van der Waals surface area contributed by atoms with Gasteiger partial charge >= 0.3 is 6.09 Å². The van der Waals surface area contributed by atoms with Crippen LogP contribution in [0, 0.1) is 6.92 Å².